The summed E-state index contributed by atoms with van der Waals surface area (Å²) in [5, 5.41) is 7.42. The largest absolute Gasteiger partial charge is 0.311 e. The maximum Gasteiger partial charge on any atom is 0.226 e. The fraction of sp³-hybridized carbons (Fsp3) is 0.304. The molecule has 1 aromatic heterocycles. The van der Waals surface area contributed by atoms with Crippen molar-refractivity contribution in [1.29, 1.82) is 0 Å². The minimum Gasteiger partial charge on any atom is -0.311 e. The van der Waals surface area contributed by atoms with Crippen LogP contribution in [0.1, 0.15) is 41.6 Å². The summed E-state index contributed by atoms with van der Waals surface area (Å²) in [5.74, 6) is 0.577. The molecule has 1 aliphatic heterocycles. The van der Waals surface area contributed by atoms with Gasteiger partial charge in [0.25, 0.3) is 0 Å². The highest BCUT2D eigenvalue weighted by molar-refractivity contribution is 7.91. The summed E-state index contributed by atoms with van der Waals surface area (Å²) >= 11 is 0. The van der Waals surface area contributed by atoms with Crippen LogP contribution in [0.15, 0.2) is 66.7 Å². The number of aryl methyl sites for hydroxylation is 1. The topological polar surface area (TPSA) is 81.1 Å². The molecule has 1 fully saturated rings. The number of nitrogens with zero attached hydrogens (tertiary/aromatic N) is 2. The fourth-order valence-electron chi connectivity index (χ4n) is 4.03. The predicted octanol–water partition coefficient (Wildman–Crippen LogP) is 3.71. The Morgan fingerprint density at radius 2 is 1.70 bits per heavy atom. The first-order valence-corrected chi connectivity index (χ1v) is 11.9. The Morgan fingerprint density at radius 3 is 2.23 bits per heavy atom. The van der Waals surface area contributed by atoms with Gasteiger partial charge in [-0.15, -0.1) is 0 Å². The van der Waals surface area contributed by atoms with Crippen molar-refractivity contribution < 1.29 is 13.2 Å². The lowest BCUT2D eigenvalue weighted by Gasteiger charge is -2.19. The van der Waals surface area contributed by atoms with Crippen LogP contribution in [0, 0.1) is 6.92 Å². The number of aromatic nitrogens is 2. The first-order valence-electron chi connectivity index (χ1n) is 10.1. The first kappa shape index (κ1) is 20.3. The third-order valence-corrected chi connectivity index (χ3v) is 7.22. The first-order chi connectivity index (χ1) is 14.4. The number of amides is 1. The van der Waals surface area contributed by atoms with Crippen LogP contribution in [0.5, 0.6) is 0 Å². The Morgan fingerprint density at radius 1 is 1.10 bits per heavy atom. The highest BCUT2D eigenvalue weighted by Crippen LogP contribution is 2.30. The third kappa shape index (κ3) is 4.62. The van der Waals surface area contributed by atoms with E-state index in [0.717, 1.165) is 16.8 Å². The average Bonchev–Trinajstić information content (AvgIpc) is 3.28. The number of sulfone groups is 1. The molecule has 0 aliphatic carbocycles. The van der Waals surface area contributed by atoms with Gasteiger partial charge >= 0.3 is 0 Å². The van der Waals surface area contributed by atoms with Gasteiger partial charge in [0.1, 0.15) is 5.82 Å². The molecule has 2 heterocycles. The van der Waals surface area contributed by atoms with Crippen LogP contribution in [0.4, 0.5) is 5.82 Å². The summed E-state index contributed by atoms with van der Waals surface area (Å²) in [4.78, 5) is 13.0. The van der Waals surface area contributed by atoms with Crippen molar-refractivity contribution in [1.82, 2.24) is 9.78 Å². The van der Waals surface area contributed by atoms with Crippen LogP contribution in [0.2, 0.25) is 0 Å². The number of anilines is 1. The highest BCUT2D eigenvalue weighted by Gasteiger charge is 2.31. The van der Waals surface area contributed by atoms with E-state index < -0.39 is 9.84 Å². The lowest BCUT2D eigenvalue weighted by molar-refractivity contribution is -0.116. The summed E-state index contributed by atoms with van der Waals surface area (Å²) in [6.45, 7) is 1.84. The molecule has 30 heavy (non-hydrogen) atoms. The second-order valence-electron chi connectivity index (χ2n) is 7.80. The van der Waals surface area contributed by atoms with Crippen molar-refractivity contribution >= 4 is 21.6 Å². The normalized spacial score (nSPS) is 17.9. The molecule has 2 aromatic carbocycles. The van der Waals surface area contributed by atoms with E-state index in [4.69, 9.17) is 0 Å². The highest BCUT2D eigenvalue weighted by atomic mass is 32.2. The van der Waals surface area contributed by atoms with E-state index in [1.807, 2.05) is 67.6 Å². The van der Waals surface area contributed by atoms with Crippen LogP contribution < -0.4 is 5.32 Å². The molecule has 1 atom stereocenters. The average molecular weight is 424 g/mol. The molecule has 1 saturated heterocycles. The van der Waals surface area contributed by atoms with Crippen molar-refractivity contribution in [3.05, 3.63) is 83.6 Å². The molecule has 3 aromatic rings. The maximum atomic E-state index is 13.0. The molecule has 1 amide bonds. The zero-order chi connectivity index (χ0) is 21.1. The minimum absolute atomic E-state index is 0.0631. The Hall–Kier alpha value is -2.93. The summed E-state index contributed by atoms with van der Waals surface area (Å²) in [5.41, 5.74) is 2.90. The molecule has 156 valence electrons. The fourth-order valence-corrected chi connectivity index (χ4v) is 5.73. The molecule has 7 heteroatoms. The number of hydrogen-bond donors (Lipinski definition) is 1. The van der Waals surface area contributed by atoms with Crippen molar-refractivity contribution in [2.45, 2.75) is 31.7 Å². The van der Waals surface area contributed by atoms with Gasteiger partial charge in [-0.25, -0.2) is 13.1 Å². The third-order valence-electron chi connectivity index (χ3n) is 5.47. The molecule has 1 N–H and O–H groups in total. The van der Waals surface area contributed by atoms with Crippen LogP contribution in [0.25, 0.3) is 0 Å². The van der Waals surface area contributed by atoms with Gasteiger partial charge < -0.3 is 5.32 Å². The SMILES string of the molecule is Cc1cc(NC(=O)CC(c2ccccc2)c2ccccc2)n(C2CCS(=O)(=O)C2)n1. The van der Waals surface area contributed by atoms with E-state index in [1.54, 1.807) is 10.7 Å². The molecule has 0 radical (unpaired) electrons. The molecule has 0 saturated carbocycles. The lowest BCUT2D eigenvalue weighted by atomic mass is 9.88. The van der Waals surface area contributed by atoms with Crippen LogP contribution in [-0.2, 0) is 14.6 Å². The molecule has 0 bridgehead atoms. The zero-order valence-electron chi connectivity index (χ0n) is 16.9. The number of benzene rings is 2. The number of carbonyl (C=O) groups excluding carboxylic acids is 1. The van der Waals surface area contributed by atoms with Gasteiger partial charge in [-0.1, -0.05) is 60.7 Å². The Bertz CT molecular complexity index is 1090. The van der Waals surface area contributed by atoms with E-state index >= 15 is 0 Å². The van der Waals surface area contributed by atoms with Gasteiger partial charge in [-0.2, -0.15) is 5.10 Å². The number of nitrogens with one attached hydrogen (secondary N) is 1. The van der Waals surface area contributed by atoms with Gasteiger partial charge in [-0.05, 0) is 24.5 Å². The monoisotopic (exact) mass is 423 g/mol. The standard InChI is InChI=1S/C23H25N3O3S/c1-17-14-22(26(25-17)20-12-13-30(28,29)16-20)24-23(27)15-21(18-8-4-2-5-9-18)19-10-6-3-7-11-19/h2-11,14,20-21H,12-13,15-16H2,1H3,(H,24,27). The van der Waals surface area contributed by atoms with E-state index in [1.165, 1.54) is 0 Å². The smallest absolute Gasteiger partial charge is 0.226 e. The Balaban J connectivity index is 1.55. The van der Waals surface area contributed by atoms with Gasteiger partial charge in [0.05, 0.1) is 23.2 Å². The second kappa shape index (κ2) is 8.44. The summed E-state index contributed by atoms with van der Waals surface area (Å²) < 4.78 is 25.4. The molecular formula is C23H25N3O3S. The van der Waals surface area contributed by atoms with Crippen LogP contribution in [0.3, 0.4) is 0 Å². The van der Waals surface area contributed by atoms with Crippen molar-refractivity contribution in [2.24, 2.45) is 0 Å². The van der Waals surface area contributed by atoms with E-state index in [0.29, 0.717) is 12.2 Å². The molecule has 0 spiro atoms. The molecule has 1 aliphatic rings. The number of rotatable bonds is 6. The Kier molecular flexibility index (Phi) is 5.72. The van der Waals surface area contributed by atoms with Crippen LogP contribution >= 0.6 is 0 Å². The van der Waals surface area contributed by atoms with E-state index in [2.05, 4.69) is 10.4 Å². The molecular weight excluding hydrogens is 398 g/mol. The number of carbonyl (C=O) groups is 1. The summed E-state index contributed by atoms with van der Waals surface area (Å²) in [7, 11) is -3.04. The number of hydrogen-bond acceptors (Lipinski definition) is 4. The molecule has 4 rings (SSSR count). The van der Waals surface area contributed by atoms with Gasteiger partial charge in [-0.3, -0.25) is 4.79 Å². The Labute approximate surface area is 176 Å². The quantitative estimate of drug-likeness (QED) is 0.655. The van der Waals surface area contributed by atoms with Crippen LogP contribution in [-0.4, -0.2) is 35.6 Å². The minimum atomic E-state index is -3.04. The van der Waals surface area contributed by atoms with Gasteiger partial charge in [0, 0.05) is 18.4 Å². The van der Waals surface area contributed by atoms with Gasteiger partial charge in [0.15, 0.2) is 9.84 Å². The van der Waals surface area contributed by atoms with E-state index in [9.17, 15) is 13.2 Å². The lowest BCUT2D eigenvalue weighted by Crippen LogP contribution is -2.21. The predicted molar refractivity (Wildman–Crippen MR) is 117 cm³/mol. The van der Waals surface area contributed by atoms with E-state index in [-0.39, 0.29) is 35.8 Å². The zero-order valence-corrected chi connectivity index (χ0v) is 17.7. The molecule has 1 unspecified atom stereocenters. The van der Waals surface area contributed by atoms with Crippen molar-refractivity contribution in [3.63, 3.8) is 0 Å². The summed E-state index contributed by atoms with van der Waals surface area (Å²) in [6.07, 6.45) is 0.796. The second-order valence-corrected chi connectivity index (χ2v) is 10.0. The summed E-state index contributed by atoms with van der Waals surface area (Å²) in [6, 6.07) is 21.5. The molecule has 6 nitrogen and oxygen atoms in total. The van der Waals surface area contributed by atoms with Crippen molar-refractivity contribution in [2.75, 3.05) is 16.8 Å². The maximum absolute atomic E-state index is 13.0. The van der Waals surface area contributed by atoms with Gasteiger partial charge in [0.2, 0.25) is 5.91 Å². The van der Waals surface area contributed by atoms with Crippen molar-refractivity contribution in [3.8, 4) is 0 Å².